The molecule has 110 valence electrons. The first-order chi connectivity index (χ1) is 10.6. The summed E-state index contributed by atoms with van der Waals surface area (Å²) in [5, 5.41) is 12.8. The number of carbonyl (C=O) groups excluding carboxylic acids is 1. The van der Waals surface area contributed by atoms with E-state index in [1.165, 1.54) is 12.1 Å². The van der Waals surface area contributed by atoms with Gasteiger partial charge in [-0.3, -0.25) is 9.59 Å². The molecule has 0 bridgehead atoms. The normalized spacial score (nSPS) is 21.7. The number of hydrogen-bond acceptors (Lipinski definition) is 5. The fourth-order valence-electron chi connectivity index (χ4n) is 3.02. The fourth-order valence-corrected chi connectivity index (χ4v) is 3.16. The molecule has 2 N–H and O–H groups in total. The molecular weight excluding hydrogens is 306 g/mol. The molecule has 2 aromatic rings. The predicted octanol–water partition coefficient (Wildman–Crippen LogP) is 2.52. The van der Waals surface area contributed by atoms with Crippen molar-refractivity contribution in [2.45, 2.75) is 6.17 Å². The molecule has 0 spiro atoms. The lowest BCUT2D eigenvalue weighted by Gasteiger charge is -2.35. The van der Waals surface area contributed by atoms with E-state index in [9.17, 15) is 14.7 Å². The third-order valence-electron chi connectivity index (χ3n) is 3.94. The number of carboxylic acids is 1. The summed E-state index contributed by atoms with van der Waals surface area (Å²) < 4.78 is 0. The molecule has 2 atom stereocenters. The van der Waals surface area contributed by atoms with Gasteiger partial charge in [0.2, 0.25) is 0 Å². The summed E-state index contributed by atoms with van der Waals surface area (Å²) in [5.41, 5.74) is 1.81. The van der Waals surface area contributed by atoms with Crippen LogP contribution < -0.4 is 10.2 Å². The van der Waals surface area contributed by atoms with Crippen LogP contribution in [0.5, 0.6) is 0 Å². The third kappa shape index (κ3) is 1.64. The number of nitrogens with one attached hydrogen (secondary N) is 1. The fraction of sp³-hybridized carbons (Fsp3) is 0.133. The number of nitrogens with zero attached hydrogens (tertiary/aromatic N) is 2. The van der Waals surface area contributed by atoms with Crippen LogP contribution in [0.2, 0.25) is 5.15 Å². The molecule has 3 heterocycles. The van der Waals surface area contributed by atoms with Gasteiger partial charge in [-0.1, -0.05) is 23.7 Å². The smallest absolute Gasteiger partial charge is 0.318 e. The largest absolute Gasteiger partial charge is 0.481 e. The van der Waals surface area contributed by atoms with Crippen LogP contribution in [0.4, 0.5) is 17.2 Å². The van der Waals surface area contributed by atoms with Crippen LogP contribution in [0, 0.1) is 5.92 Å². The average Bonchev–Trinajstić information content (AvgIpc) is 2.85. The number of ketones is 1. The molecule has 0 amide bonds. The highest BCUT2D eigenvalue weighted by molar-refractivity contribution is 6.30. The van der Waals surface area contributed by atoms with Gasteiger partial charge in [-0.25, -0.2) is 4.98 Å². The van der Waals surface area contributed by atoms with Crippen LogP contribution in [-0.2, 0) is 4.79 Å². The Morgan fingerprint density at radius 2 is 2.05 bits per heavy atom. The van der Waals surface area contributed by atoms with Gasteiger partial charge in [-0.05, 0) is 24.3 Å². The zero-order valence-corrected chi connectivity index (χ0v) is 11.9. The summed E-state index contributed by atoms with van der Waals surface area (Å²) in [4.78, 5) is 30.1. The van der Waals surface area contributed by atoms with Crippen LogP contribution >= 0.6 is 11.6 Å². The SMILES string of the molecule is O=C(O)C1C(=O)c2ccc(Cl)nc2N2c3ccccc3NC12. The number of carboxylic acid groups (broad SMARTS) is 1. The van der Waals surface area contributed by atoms with Crippen molar-refractivity contribution in [3.63, 3.8) is 0 Å². The quantitative estimate of drug-likeness (QED) is 0.621. The van der Waals surface area contributed by atoms with Crippen LogP contribution in [0.3, 0.4) is 0 Å². The van der Waals surface area contributed by atoms with Gasteiger partial charge in [0, 0.05) is 0 Å². The highest BCUT2D eigenvalue weighted by Gasteiger charge is 2.49. The Labute approximate surface area is 130 Å². The highest BCUT2D eigenvalue weighted by atomic mass is 35.5. The first kappa shape index (κ1) is 13.1. The lowest BCUT2D eigenvalue weighted by atomic mass is 9.90. The van der Waals surface area contributed by atoms with E-state index in [2.05, 4.69) is 10.3 Å². The maximum Gasteiger partial charge on any atom is 0.318 e. The van der Waals surface area contributed by atoms with Gasteiger partial charge < -0.3 is 15.3 Å². The highest BCUT2D eigenvalue weighted by Crippen LogP contribution is 2.46. The van der Waals surface area contributed by atoms with E-state index in [0.717, 1.165) is 11.4 Å². The number of halogens is 1. The van der Waals surface area contributed by atoms with E-state index in [1.54, 1.807) is 4.90 Å². The maximum atomic E-state index is 12.5. The summed E-state index contributed by atoms with van der Waals surface area (Å²) in [6.07, 6.45) is -0.708. The number of rotatable bonds is 1. The molecule has 0 saturated carbocycles. The number of Topliss-reactive ketones (excluding diaryl/α,β-unsaturated/α-hetero) is 1. The van der Waals surface area contributed by atoms with Crippen molar-refractivity contribution in [1.29, 1.82) is 0 Å². The molecular formula is C15H10ClN3O3. The van der Waals surface area contributed by atoms with Crippen LogP contribution in [0.15, 0.2) is 36.4 Å². The van der Waals surface area contributed by atoms with Gasteiger partial charge in [0.1, 0.15) is 17.1 Å². The van der Waals surface area contributed by atoms with Crippen molar-refractivity contribution in [3.8, 4) is 0 Å². The van der Waals surface area contributed by atoms with Crippen molar-refractivity contribution < 1.29 is 14.7 Å². The molecule has 1 aromatic heterocycles. The Morgan fingerprint density at radius 3 is 2.82 bits per heavy atom. The Kier molecular flexibility index (Phi) is 2.65. The number of aromatic nitrogens is 1. The van der Waals surface area contributed by atoms with Crippen molar-refractivity contribution in [3.05, 3.63) is 47.1 Å². The average molecular weight is 316 g/mol. The molecule has 2 unspecified atom stereocenters. The zero-order chi connectivity index (χ0) is 15.4. The van der Waals surface area contributed by atoms with E-state index >= 15 is 0 Å². The Morgan fingerprint density at radius 1 is 1.27 bits per heavy atom. The molecule has 7 heteroatoms. The van der Waals surface area contributed by atoms with E-state index in [0.29, 0.717) is 5.82 Å². The van der Waals surface area contributed by atoms with Crippen LogP contribution in [-0.4, -0.2) is 28.0 Å². The van der Waals surface area contributed by atoms with Crippen molar-refractivity contribution >= 4 is 40.5 Å². The van der Waals surface area contributed by atoms with E-state index < -0.39 is 23.8 Å². The summed E-state index contributed by atoms with van der Waals surface area (Å²) >= 11 is 5.95. The van der Waals surface area contributed by atoms with Crippen molar-refractivity contribution in [2.24, 2.45) is 5.92 Å². The Balaban J connectivity index is 1.99. The summed E-state index contributed by atoms with van der Waals surface area (Å²) in [5.74, 6) is -2.45. The second-order valence-electron chi connectivity index (χ2n) is 5.16. The summed E-state index contributed by atoms with van der Waals surface area (Å²) in [7, 11) is 0. The van der Waals surface area contributed by atoms with Gasteiger partial charge in [0.15, 0.2) is 11.7 Å². The summed E-state index contributed by atoms with van der Waals surface area (Å²) in [6, 6.07) is 10.4. The first-order valence-electron chi connectivity index (χ1n) is 6.66. The number of carbonyl (C=O) groups is 2. The molecule has 0 aliphatic carbocycles. The van der Waals surface area contributed by atoms with Crippen molar-refractivity contribution in [2.75, 3.05) is 10.2 Å². The molecule has 0 fully saturated rings. The number of hydrogen-bond donors (Lipinski definition) is 2. The van der Waals surface area contributed by atoms with E-state index in [4.69, 9.17) is 11.6 Å². The van der Waals surface area contributed by atoms with E-state index in [1.807, 2.05) is 24.3 Å². The molecule has 2 aliphatic heterocycles. The lowest BCUT2D eigenvalue weighted by molar-refractivity contribution is -0.140. The van der Waals surface area contributed by atoms with Gasteiger partial charge in [-0.15, -0.1) is 0 Å². The summed E-state index contributed by atoms with van der Waals surface area (Å²) in [6.45, 7) is 0. The van der Waals surface area contributed by atoms with E-state index in [-0.39, 0.29) is 10.7 Å². The lowest BCUT2D eigenvalue weighted by Crippen LogP contribution is -2.50. The molecule has 22 heavy (non-hydrogen) atoms. The molecule has 0 saturated heterocycles. The third-order valence-corrected chi connectivity index (χ3v) is 4.15. The molecule has 1 aromatic carbocycles. The number of fused-ring (bicyclic) bond motifs is 5. The van der Waals surface area contributed by atoms with Crippen molar-refractivity contribution in [1.82, 2.24) is 4.98 Å². The minimum atomic E-state index is -1.21. The Hall–Kier alpha value is -2.60. The molecule has 0 radical (unpaired) electrons. The van der Waals surface area contributed by atoms with Gasteiger partial charge in [0.25, 0.3) is 0 Å². The standard InChI is InChI=1S/C15H10ClN3O3/c16-10-6-5-7-12(20)11(15(21)22)14-17-8-3-1-2-4-9(8)19(14)13(7)18-10/h1-6,11,14,17H,(H,21,22). The topological polar surface area (TPSA) is 82.5 Å². The second-order valence-corrected chi connectivity index (χ2v) is 5.55. The van der Waals surface area contributed by atoms with Crippen LogP contribution in [0.25, 0.3) is 0 Å². The second kappa shape index (κ2) is 4.45. The van der Waals surface area contributed by atoms with Gasteiger partial charge in [-0.2, -0.15) is 0 Å². The van der Waals surface area contributed by atoms with Crippen LogP contribution in [0.1, 0.15) is 10.4 Å². The number of benzene rings is 1. The zero-order valence-electron chi connectivity index (χ0n) is 11.2. The maximum absolute atomic E-state index is 12.5. The van der Waals surface area contributed by atoms with Gasteiger partial charge in [0.05, 0.1) is 16.9 Å². The Bertz CT molecular complexity index is 823. The molecule has 2 aliphatic rings. The predicted molar refractivity (Wildman–Crippen MR) is 80.7 cm³/mol. The van der Waals surface area contributed by atoms with Gasteiger partial charge >= 0.3 is 5.97 Å². The number of para-hydroxylation sites is 2. The number of anilines is 3. The minimum Gasteiger partial charge on any atom is -0.481 e. The minimum absolute atomic E-state index is 0.253. The number of aliphatic carboxylic acids is 1. The monoisotopic (exact) mass is 315 g/mol. The molecule has 6 nitrogen and oxygen atoms in total. The first-order valence-corrected chi connectivity index (χ1v) is 7.04. The molecule has 4 rings (SSSR count). The number of pyridine rings is 1.